The number of pyridine rings is 1. The molecule has 0 saturated heterocycles. The van der Waals surface area contributed by atoms with Crippen molar-refractivity contribution in [2.45, 2.75) is 19.3 Å². The Morgan fingerprint density at radius 3 is 2.24 bits per heavy atom. The van der Waals surface area contributed by atoms with Crippen molar-refractivity contribution < 1.29 is 0 Å². The molecule has 3 heteroatoms. The molecule has 212 valence electrons. The standard InChI is InChI=1S/C42H28N2S/c1-42(2)33-12-6-5-11-30(33)31-23-28(19-21-34(31)42)25-15-17-27(18-16-25)37-24-32-39-29-10-4-3-9-26(29)20-22-38(39)45-40(32)41-43-35-13-7-8-14-36(35)44(37)41/h3-24H,1-2H3. The van der Waals surface area contributed by atoms with Crippen LogP contribution in [0, 0.1) is 0 Å². The summed E-state index contributed by atoms with van der Waals surface area (Å²) in [5.41, 5.74) is 13.5. The number of benzene rings is 6. The Morgan fingerprint density at radius 2 is 1.33 bits per heavy atom. The predicted octanol–water partition coefficient (Wildman–Crippen LogP) is 11.6. The maximum absolute atomic E-state index is 5.21. The molecule has 0 spiro atoms. The van der Waals surface area contributed by atoms with Crippen LogP contribution < -0.4 is 0 Å². The van der Waals surface area contributed by atoms with Crippen LogP contribution in [0.1, 0.15) is 25.0 Å². The van der Waals surface area contributed by atoms with Crippen molar-refractivity contribution in [1.82, 2.24) is 9.38 Å². The van der Waals surface area contributed by atoms with E-state index in [1.807, 2.05) is 11.3 Å². The highest BCUT2D eigenvalue weighted by atomic mass is 32.1. The molecule has 45 heavy (non-hydrogen) atoms. The zero-order chi connectivity index (χ0) is 29.9. The van der Waals surface area contributed by atoms with Crippen molar-refractivity contribution in [3.63, 3.8) is 0 Å². The summed E-state index contributed by atoms with van der Waals surface area (Å²) in [6, 6.07) is 49.1. The van der Waals surface area contributed by atoms with E-state index in [2.05, 4.69) is 152 Å². The van der Waals surface area contributed by atoms with E-state index in [1.165, 1.54) is 69.9 Å². The molecule has 10 rings (SSSR count). The molecule has 0 aliphatic heterocycles. The van der Waals surface area contributed by atoms with Crippen LogP contribution in [0.4, 0.5) is 0 Å². The van der Waals surface area contributed by atoms with Gasteiger partial charge >= 0.3 is 0 Å². The Balaban J connectivity index is 1.18. The first-order valence-corrected chi connectivity index (χ1v) is 16.4. The van der Waals surface area contributed by atoms with Crippen molar-refractivity contribution in [2.75, 3.05) is 0 Å². The summed E-state index contributed by atoms with van der Waals surface area (Å²) in [7, 11) is 0. The van der Waals surface area contributed by atoms with Crippen molar-refractivity contribution in [3.8, 4) is 33.5 Å². The topological polar surface area (TPSA) is 17.3 Å². The third-order valence-corrected chi connectivity index (χ3v) is 11.2. The van der Waals surface area contributed by atoms with Gasteiger partial charge in [0, 0.05) is 20.9 Å². The average Bonchev–Trinajstić information content (AvgIpc) is 3.73. The largest absolute Gasteiger partial charge is 0.291 e. The van der Waals surface area contributed by atoms with E-state index < -0.39 is 0 Å². The molecular formula is C42H28N2S. The zero-order valence-electron chi connectivity index (χ0n) is 25.0. The summed E-state index contributed by atoms with van der Waals surface area (Å²) in [6.45, 7) is 4.67. The molecule has 3 aromatic heterocycles. The highest BCUT2D eigenvalue weighted by Crippen LogP contribution is 2.49. The normalized spacial score (nSPS) is 13.7. The van der Waals surface area contributed by atoms with E-state index in [0.29, 0.717) is 0 Å². The first kappa shape index (κ1) is 25.1. The number of rotatable bonds is 2. The Kier molecular flexibility index (Phi) is 4.97. The van der Waals surface area contributed by atoms with E-state index in [1.54, 1.807) is 0 Å². The van der Waals surface area contributed by atoms with Gasteiger partial charge in [-0.1, -0.05) is 117 Å². The van der Waals surface area contributed by atoms with E-state index >= 15 is 0 Å². The molecule has 1 aliphatic rings. The number of nitrogens with zero attached hydrogens (tertiary/aromatic N) is 2. The van der Waals surface area contributed by atoms with E-state index in [-0.39, 0.29) is 5.41 Å². The van der Waals surface area contributed by atoms with Crippen LogP contribution in [0.5, 0.6) is 0 Å². The lowest BCUT2D eigenvalue weighted by atomic mass is 9.82. The van der Waals surface area contributed by atoms with Gasteiger partial charge in [-0.3, -0.25) is 4.40 Å². The van der Waals surface area contributed by atoms with Crippen molar-refractivity contribution in [1.29, 1.82) is 0 Å². The Morgan fingerprint density at radius 1 is 0.600 bits per heavy atom. The lowest BCUT2D eigenvalue weighted by molar-refractivity contribution is 0.660. The summed E-state index contributed by atoms with van der Waals surface area (Å²) in [5.74, 6) is 0. The smallest absolute Gasteiger partial charge is 0.156 e. The monoisotopic (exact) mass is 592 g/mol. The Bertz CT molecular complexity index is 2670. The maximum Gasteiger partial charge on any atom is 0.156 e. The van der Waals surface area contributed by atoms with Crippen molar-refractivity contribution in [2.24, 2.45) is 0 Å². The maximum atomic E-state index is 5.21. The van der Waals surface area contributed by atoms with Gasteiger partial charge in [0.25, 0.3) is 0 Å². The first-order valence-electron chi connectivity index (χ1n) is 15.6. The zero-order valence-corrected chi connectivity index (χ0v) is 25.8. The number of thiophene rings is 1. The van der Waals surface area contributed by atoms with Crippen molar-refractivity contribution in [3.05, 3.63) is 145 Å². The number of hydrogen-bond acceptors (Lipinski definition) is 2. The summed E-state index contributed by atoms with van der Waals surface area (Å²) in [5, 5.41) is 5.16. The second-order valence-corrected chi connectivity index (χ2v) is 13.9. The van der Waals surface area contributed by atoms with Gasteiger partial charge in [0.2, 0.25) is 0 Å². The number of aromatic nitrogens is 2. The van der Waals surface area contributed by atoms with Crippen LogP contribution >= 0.6 is 11.3 Å². The van der Waals surface area contributed by atoms with Gasteiger partial charge < -0.3 is 0 Å². The van der Waals surface area contributed by atoms with Gasteiger partial charge in [0.1, 0.15) is 0 Å². The van der Waals surface area contributed by atoms with E-state index in [9.17, 15) is 0 Å². The fourth-order valence-electron chi connectivity index (χ4n) is 7.77. The third kappa shape index (κ3) is 3.42. The number of para-hydroxylation sites is 2. The van der Waals surface area contributed by atoms with Gasteiger partial charge in [0.05, 0.1) is 21.4 Å². The third-order valence-electron chi connectivity index (χ3n) is 10.0. The van der Waals surface area contributed by atoms with Crippen molar-refractivity contribution >= 4 is 59.0 Å². The lowest BCUT2D eigenvalue weighted by Gasteiger charge is -2.21. The highest BCUT2D eigenvalue weighted by molar-refractivity contribution is 7.26. The summed E-state index contributed by atoms with van der Waals surface area (Å²) in [4.78, 5) is 5.21. The molecule has 1 aliphatic carbocycles. The van der Waals surface area contributed by atoms with Gasteiger partial charge in [-0.2, -0.15) is 0 Å². The molecule has 2 nitrogen and oxygen atoms in total. The highest BCUT2D eigenvalue weighted by Gasteiger charge is 2.35. The fraction of sp³-hybridized carbons (Fsp3) is 0.0714. The molecule has 0 atom stereocenters. The molecule has 3 heterocycles. The lowest BCUT2D eigenvalue weighted by Crippen LogP contribution is -2.14. The number of imidazole rings is 1. The summed E-state index contributed by atoms with van der Waals surface area (Å²) < 4.78 is 4.89. The molecule has 0 saturated carbocycles. The Hall–Kier alpha value is -5.25. The van der Waals surface area contributed by atoms with Crippen LogP contribution in [0.15, 0.2) is 133 Å². The van der Waals surface area contributed by atoms with E-state index in [4.69, 9.17) is 4.98 Å². The summed E-state index contributed by atoms with van der Waals surface area (Å²) >= 11 is 1.85. The number of fused-ring (bicyclic) bond motifs is 12. The van der Waals surface area contributed by atoms with Crippen LogP contribution in [0.3, 0.4) is 0 Å². The minimum atomic E-state index is 0.0169. The molecule has 0 unspecified atom stereocenters. The SMILES string of the molecule is CC1(C)c2ccccc2-c2cc(-c3ccc(-c4cc5c(sc6ccc7ccccc7c65)c5nc6ccccc6n45)cc3)ccc21. The molecule has 0 fully saturated rings. The average molecular weight is 593 g/mol. The van der Waals surface area contributed by atoms with Gasteiger partial charge in [-0.05, 0) is 80.0 Å². The minimum absolute atomic E-state index is 0.0169. The number of hydrogen-bond donors (Lipinski definition) is 0. The molecule has 0 N–H and O–H groups in total. The quantitative estimate of drug-likeness (QED) is 0.195. The molecular weight excluding hydrogens is 565 g/mol. The minimum Gasteiger partial charge on any atom is -0.291 e. The van der Waals surface area contributed by atoms with Gasteiger partial charge in [-0.25, -0.2) is 4.98 Å². The molecule has 0 amide bonds. The van der Waals surface area contributed by atoms with Gasteiger partial charge in [-0.15, -0.1) is 11.3 Å². The molecule has 0 bridgehead atoms. The second-order valence-electron chi connectivity index (χ2n) is 12.8. The van der Waals surface area contributed by atoms with E-state index in [0.717, 1.165) is 22.4 Å². The van der Waals surface area contributed by atoms with Gasteiger partial charge in [0.15, 0.2) is 5.65 Å². The van der Waals surface area contributed by atoms with Crippen LogP contribution in [0.25, 0.3) is 81.1 Å². The van der Waals surface area contributed by atoms with Crippen LogP contribution in [-0.2, 0) is 5.41 Å². The van der Waals surface area contributed by atoms with Crippen LogP contribution in [-0.4, -0.2) is 9.38 Å². The predicted molar refractivity (Wildman–Crippen MR) is 192 cm³/mol. The molecule has 6 aromatic carbocycles. The second kappa shape index (κ2) is 8.90. The fourth-order valence-corrected chi connectivity index (χ4v) is 8.94. The molecule has 9 aromatic rings. The first-order chi connectivity index (χ1) is 22.1. The Labute approximate surface area is 264 Å². The van der Waals surface area contributed by atoms with Crippen LogP contribution in [0.2, 0.25) is 0 Å². The summed E-state index contributed by atoms with van der Waals surface area (Å²) in [6.07, 6.45) is 0. The molecule has 0 radical (unpaired) electrons.